The third kappa shape index (κ3) is 9.20. The van der Waals surface area contributed by atoms with Gasteiger partial charge in [0.25, 0.3) is 0 Å². The highest BCUT2D eigenvalue weighted by Crippen LogP contribution is 2.24. The van der Waals surface area contributed by atoms with Crippen molar-refractivity contribution < 1.29 is 0 Å². The molecule has 0 bridgehead atoms. The number of hydrogen-bond donors (Lipinski definition) is 0. The summed E-state index contributed by atoms with van der Waals surface area (Å²) in [7, 11) is 0. The summed E-state index contributed by atoms with van der Waals surface area (Å²) in [5.74, 6) is 1.89. The van der Waals surface area contributed by atoms with E-state index in [4.69, 9.17) is 33.2 Å². The molecule has 0 N–H and O–H groups in total. The second-order valence-corrected chi connectivity index (χ2v) is 13.0. The van der Waals surface area contributed by atoms with Gasteiger partial charge >= 0.3 is 0 Å². The molecule has 0 fully saturated rings. The minimum atomic E-state index is 0.735. The first kappa shape index (κ1) is 33.7. The van der Waals surface area contributed by atoms with Crippen LogP contribution in [0.5, 0.6) is 0 Å². The molecule has 0 aliphatic carbocycles. The van der Waals surface area contributed by atoms with E-state index in [2.05, 4.69) is 104 Å². The van der Waals surface area contributed by atoms with Gasteiger partial charge in [0, 0.05) is 55.6 Å². The van der Waals surface area contributed by atoms with E-state index in [-0.39, 0.29) is 0 Å². The molecule has 0 unspecified atom stereocenters. The summed E-state index contributed by atoms with van der Waals surface area (Å²) in [4.78, 5) is 9.47. The van der Waals surface area contributed by atoms with Crippen LogP contribution < -0.4 is 0 Å². The van der Waals surface area contributed by atoms with Gasteiger partial charge in [0.15, 0.2) is 0 Å². The van der Waals surface area contributed by atoms with E-state index in [1.54, 1.807) is 0 Å². The van der Waals surface area contributed by atoms with E-state index in [1.165, 1.54) is 0 Å². The van der Waals surface area contributed by atoms with Crippen molar-refractivity contribution in [2.45, 2.75) is 26.9 Å². The van der Waals surface area contributed by atoms with Crippen LogP contribution in [0.2, 0.25) is 10.0 Å². The molecule has 0 aliphatic rings. The molecule has 0 radical (unpaired) electrons. The van der Waals surface area contributed by atoms with Gasteiger partial charge in [-0.05, 0) is 85.7 Å². The molecule has 4 nitrogen and oxygen atoms in total. The van der Waals surface area contributed by atoms with Crippen LogP contribution in [0, 0.1) is 0 Å². The van der Waals surface area contributed by atoms with E-state index in [0.717, 1.165) is 77.4 Å². The summed E-state index contributed by atoms with van der Waals surface area (Å²) in [6, 6.07) is 31.9. The number of halogens is 4. The number of aromatic nitrogens is 4. The molecule has 0 aliphatic heterocycles. The number of rotatable bonds is 8. The maximum Gasteiger partial charge on any atom is 0.133 e. The number of imidazole rings is 2. The predicted octanol–water partition coefficient (Wildman–Crippen LogP) is 12.3. The Kier molecular flexibility index (Phi) is 11.9. The van der Waals surface area contributed by atoms with Gasteiger partial charge < -0.3 is 9.13 Å². The van der Waals surface area contributed by atoms with Crippen LogP contribution in [0.15, 0.2) is 118 Å². The summed E-state index contributed by atoms with van der Waals surface area (Å²) in [6.07, 6.45) is 12.4. The smallest absolute Gasteiger partial charge is 0.133 e. The van der Waals surface area contributed by atoms with Crippen LogP contribution >= 0.6 is 55.1 Å². The Balaban J connectivity index is 0.000000181. The lowest BCUT2D eigenvalue weighted by Crippen LogP contribution is -1.94. The van der Waals surface area contributed by atoms with Crippen molar-refractivity contribution in [3.8, 4) is 22.5 Å². The molecule has 2 aromatic heterocycles. The molecule has 0 spiro atoms. The largest absolute Gasteiger partial charge is 0.331 e. The Morgan fingerprint density at radius 2 is 0.870 bits per heavy atom. The van der Waals surface area contributed by atoms with Crippen molar-refractivity contribution in [1.82, 2.24) is 19.1 Å². The first-order valence-corrected chi connectivity index (χ1v) is 17.2. The lowest BCUT2D eigenvalue weighted by Gasteiger charge is -1.99. The topological polar surface area (TPSA) is 35.6 Å². The lowest BCUT2D eigenvalue weighted by molar-refractivity contribution is 0.753. The third-order valence-electron chi connectivity index (χ3n) is 7.17. The monoisotopic (exact) mass is 772 g/mol. The van der Waals surface area contributed by atoms with Crippen LogP contribution in [-0.2, 0) is 13.1 Å². The molecule has 4 aromatic carbocycles. The molecule has 46 heavy (non-hydrogen) atoms. The molecule has 0 saturated carbocycles. The van der Waals surface area contributed by atoms with Gasteiger partial charge in [-0.3, -0.25) is 0 Å². The number of benzene rings is 4. The first-order valence-electron chi connectivity index (χ1n) is 14.8. The quantitative estimate of drug-likeness (QED) is 0.154. The van der Waals surface area contributed by atoms with Gasteiger partial charge in [-0.15, -0.1) is 0 Å². The molecule has 0 amide bonds. The van der Waals surface area contributed by atoms with Crippen molar-refractivity contribution in [2.24, 2.45) is 0 Å². The summed E-state index contributed by atoms with van der Waals surface area (Å²) < 4.78 is 6.43. The predicted molar refractivity (Wildman–Crippen MR) is 203 cm³/mol. The van der Waals surface area contributed by atoms with E-state index < -0.39 is 0 Å². The minimum absolute atomic E-state index is 0.735. The van der Waals surface area contributed by atoms with Gasteiger partial charge in [0.2, 0.25) is 0 Å². The fraction of sp³-hybridized carbons (Fsp3) is 0.105. The Labute approximate surface area is 297 Å². The zero-order valence-corrected chi connectivity index (χ0v) is 30.1. The summed E-state index contributed by atoms with van der Waals surface area (Å²) >= 11 is 18.8. The fourth-order valence-corrected chi connectivity index (χ4v) is 5.42. The highest BCUT2D eigenvalue weighted by Gasteiger charge is 2.08. The van der Waals surface area contributed by atoms with Crippen LogP contribution in [0.4, 0.5) is 0 Å². The highest BCUT2D eigenvalue weighted by molar-refractivity contribution is 9.10. The van der Waals surface area contributed by atoms with E-state index in [1.807, 2.05) is 84.9 Å². The standard InChI is InChI=1S/2C19H16BrClN2/c2*1-2-23-13-18(15-6-10-17(21)11-7-15)22-19(23)12-5-14-3-8-16(20)9-4-14/h2*3-13H,2H2,1H3. The average Bonchev–Trinajstić information content (AvgIpc) is 3.69. The van der Waals surface area contributed by atoms with Crippen LogP contribution in [0.1, 0.15) is 36.6 Å². The number of aryl methyl sites for hydroxylation is 2. The zero-order chi connectivity index (χ0) is 32.5. The van der Waals surface area contributed by atoms with Crippen LogP contribution in [-0.4, -0.2) is 19.1 Å². The Morgan fingerprint density at radius 3 is 1.20 bits per heavy atom. The molecule has 8 heteroatoms. The minimum Gasteiger partial charge on any atom is -0.331 e. The molecule has 0 saturated heterocycles. The second kappa shape index (κ2) is 16.2. The van der Waals surface area contributed by atoms with E-state index >= 15 is 0 Å². The van der Waals surface area contributed by atoms with Crippen LogP contribution in [0.25, 0.3) is 46.8 Å². The Bertz CT molecular complexity index is 1780. The van der Waals surface area contributed by atoms with E-state index in [9.17, 15) is 0 Å². The Morgan fingerprint density at radius 1 is 0.522 bits per heavy atom. The zero-order valence-electron chi connectivity index (χ0n) is 25.4. The molecule has 232 valence electrons. The maximum absolute atomic E-state index is 5.95. The molecule has 0 atom stereocenters. The van der Waals surface area contributed by atoms with Crippen molar-refractivity contribution in [3.05, 3.63) is 151 Å². The van der Waals surface area contributed by atoms with Crippen LogP contribution in [0.3, 0.4) is 0 Å². The van der Waals surface area contributed by atoms with Crippen molar-refractivity contribution in [2.75, 3.05) is 0 Å². The lowest BCUT2D eigenvalue weighted by atomic mass is 10.2. The third-order valence-corrected chi connectivity index (χ3v) is 8.73. The van der Waals surface area contributed by atoms with Gasteiger partial charge in [0.1, 0.15) is 11.6 Å². The molecule has 6 aromatic rings. The summed E-state index contributed by atoms with van der Waals surface area (Å²) in [5.41, 5.74) is 6.34. The SMILES string of the molecule is CCn1cc(-c2ccc(Cl)cc2)nc1C=Cc1ccc(Br)cc1.CCn1cc(-c2ccc(Cl)cc2)nc1C=Cc1ccc(Br)cc1. The van der Waals surface area contributed by atoms with Gasteiger partial charge in [-0.25, -0.2) is 9.97 Å². The normalized spacial score (nSPS) is 11.3. The molecule has 2 heterocycles. The second-order valence-electron chi connectivity index (χ2n) is 10.3. The fourth-order valence-electron chi connectivity index (χ4n) is 4.64. The van der Waals surface area contributed by atoms with Gasteiger partial charge in [-0.2, -0.15) is 0 Å². The maximum atomic E-state index is 5.95. The van der Waals surface area contributed by atoms with Crippen molar-refractivity contribution in [1.29, 1.82) is 0 Å². The van der Waals surface area contributed by atoms with Gasteiger partial charge in [0.05, 0.1) is 11.4 Å². The van der Waals surface area contributed by atoms with Crippen molar-refractivity contribution >= 4 is 79.4 Å². The van der Waals surface area contributed by atoms with Crippen molar-refractivity contribution in [3.63, 3.8) is 0 Å². The summed E-state index contributed by atoms with van der Waals surface area (Å²) in [6.45, 7) is 5.98. The van der Waals surface area contributed by atoms with E-state index in [0.29, 0.717) is 0 Å². The number of hydrogen-bond acceptors (Lipinski definition) is 2. The molecule has 6 rings (SSSR count). The Hall–Kier alpha value is -3.68. The average molecular weight is 775 g/mol. The van der Waals surface area contributed by atoms with Gasteiger partial charge in [-0.1, -0.05) is 116 Å². The first-order chi connectivity index (χ1) is 22.3. The highest BCUT2D eigenvalue weighted by atomic mass is 79.9. The summed E-state index contributed by atoms with van der Waals surface area (Å²) in [5, 5.41) is 1.47. The number of nitrogens with zero attached hydrogens (tertiary/aromatic N) is 4. The molecular formula is C38H32Br2Cl2N4. The molecular weight excluding hydrogens is 743 g/mol.